The van der Waals surface area contributed by atoms with Crippen LogP contribution >= 0.6 is 0 Å². The van der Waals surface area contributed by atoms with E-state index in [2.05, 4.69) is 15.6 Å². The summed E-state index contributed by atoms with van der Waals surface area (Å²) in [5.41, 5.74) is -0.728. The molecular formula is C12H20N4O3. The van der Waals surface area contributed by atoms with E-state index < -0.39 is 11.7 Å². The van der Waals surface area contributed by atoms with Crippen LogP contribution in [0.5, 0.6) is 0 Å². The van der Waals surface area contributed by atoms with Gasteiger partial charge in [-0.2, -0.15) is 0 Å². The van der Waals surface area contributed by atoms with Gasteiger partial charge in [0.1, 0.15) is 5.60 Å². The van der Waals surface area contributed by atoms with E-state index in [1.807, 2.05) is 0 Å². The molecule has 0 aliphatic heterocycles. The molecule has 0 aromatic carbocycles. The number of anilines is 1. The third kappa shape index (κ3) is 5.41. The molecule has 0 aliphatic rings. The quantitative estimate of drug-likeness (QED) is 0.786. The van der Waals surface area contributed by atoms with Gasteiger partial charge in [-0.15, -0.1) is 0 Å². The second-order valence-electron chi connectivity index (χ2n) is 5.05. The number of ether oxygens (including phenoxy) is 1. The van der Waals surface area contributed by atoms with Crippen LogP contribution in [0.2, 0.25) is 0 Å². The molecular weight excluding hydrogens is 248 g/mol. The maximum atomic E-state index is 11.6. The Kier molecular flexibility index (Phi) is 4.91. The largest absolute Gasteiger partial charge is 0.444 e. The number of aromatic nitrogens is 2. The van der Waals surface area contributed by atoms with E-state index in [1.54, 1.807) is 34.0 Å². The van der Waals surface area contributed by atoms with Crippen LogP contribution in [0.25, 0.3) is 0 Å². The fraction of sp³-hybridized carbons (Fsp3) is 0.583. The Balaban J connectivity index is 2.34. The lowest BCUT2D eigenvalue weighted by Gasteiger charge is -2.19. The SMILES string of the molecule is Cn1ccnc(NCCNC(=O)OC(C)(C)C)c1=O. The predicted molar refractivity (Wildman–Crippen MR) is 72.2 cm³/mol. The number of amides is 1. The molecule has 1 rings (SSSR count). The van der Waals surface area contributed by atoms with Gasteiger partial charge in [0, 0.05) is 32.5 Å². The van der Waals surface area contributed by atoms with Crippen molar-refractivity contribution >= 4 is 11.9 Å². The molecule has 1 aromatic heterocycles. The van der Waals surface area contributed by atoms with E-state index in [0.29, 0.717) is 13.1 Å². The molecule has 0 saturated carbocycles. The van der Waals surface area contributed by atoms with Crippen LogP contribution in [0.15, 0.2) is 17.2 Å². The van der Waals surface area contributed by atoms with Crippen LogP contribution in [0, 0.1) is 0 Å². The zero-order valence-corrected chi connectivity index (χ0v) is 11.7. The molecule has 1 amide bonds. The van der Waals surface area contributed by atoms with Crippen molar-refractivity contribution < 1.29 is 9.53 Å². The molecule has 7 heteroatoms. The van der Waals surface area contributed by atoms with Crippen LogP contribution in [0.4, 0.5) is 10.6 Å². The highest BCUT2D eigenvalue weighted by atomic mass is 16.6. The van der Waals surface area contributed by atoms with Gasteiger partial charge in [0.15, 0.2) is 5.82 Å². The number of aryl methyl sites for hydroxylation is 1. The van der Waals surface area contributed by atoms with Crippen LogP contribution in [0.3, 0.4) is 0 Å². The van der Waals surface area contributed by atoms with Gasteiger partial charge in [-0.3, -0.25) is 4.79 Å². The number of carbonyl (C=O) groups is 1. The fourth-order valence-electron chi connectivity index (χ4n) is 1.28. The molecule has 106 valence electrons. The average molecular weight is 268 g/mol. The molecule has 0 spiro atoms. The van der Waals surface area contributed by atoms with E-state index >= 15 is 0 Å². The molecule has 1 aromatic rings. The Bertz CT molecular complexity index is 490. The molecule has 19 heavy (non-hydrogen) atoms. The molecule has 2 N–H and O–H groups in total. The second-order valence-corrected chi connectivity index (χ2v) is 5.05. The van der Waals surface area contributed by atoms with E-state index in [9.17, 15) is 9.59 Å². The van der Waals surface area contributed by atoms with Crippen molar-refractivity contribution in [1.82, 2.24) is 14.9 Å². The van der Waals surface area contributed by atoms with Crippen LogP contribution in [-0.4, -0.2) is 34.3 Å². The van der Waals surface area contributed by atoms with E-state index in [4.69, 9.17) is 4.74 Å². The van der Waals surface area contributed by atoms with Crippen molar-refractivity contribution in [3.05, 3.63) is 22.7 Å². The highest BCUT2D eigenvalue weighted by molar-refractivity contribution is 5.67. The molecule has 0 bridgehead atoms. The zero-order chi connectivity index (χ0) is 14.5. The van der Waals surface area contributed by atoms with Gasteiger partial charge in [-0.05, 0) is 20.8 Å². The number of carbonyl (C=O) groups excluding carboxylic acids is 1. The summed E-state index contributed by atoms with van der Waals surface area (Å²) >= 11 is 0. The van der Waals surface area contributed by atoms with Gasteiger partial charge in [-0.1, -0.05) is 0 Å². The molecule has 0 saturated heterocycles. The van der Waals surface area contributed by atoms with E-state index in [-0.39, 0.29) is 11.4 Å². The molecule has 0 radical (unpaired) electrons. The van der Waals surface area contributed by atoms with Crippen LogP contribution in [0.1, 0.15) is 20.8 Å². The predicted octanol–water partition coefficient (Wildman–Crippen LogP) is 0.717. The van der Waals surface area contributed by atoms with E-state index in [0.717, 1.165) is 0 Å². The molecule has 0 unspecified atom stereocenters. The number of nitrogens with one attached hydrogen (secondary N) is 2. The number of hydrogen-bond donors (Lipinski definition) is 2. The third-order valence-electron chi connectivity index (χ3n) is 2.10. The summed E-state index contributed by atoms with van der Waals surface area (Å²) < 4.78 is 6.50. The minimum absolute atomic E-state index is 0.209. The van der Waals surface area contributed by atoms with Crippen LogP contribution < -0.4 is 16.2 Å². The summed E-state index contributed by atoms with van der Waals surface area (Å²) in [7, 11) is 1.65. The number of nitrogens with zero attached hydrogens (tertiary/aromatic N) is 2. The average Bonchev–Trinajstić information content (AvgIpc) is 2.27. The number of hydrogen-bond acceptors (Lipinski definition) is 5. The topological polar surface area (TPSA) is 85.2 Å². The van der Waals surface area contributed by atoms with Crippen molar-refractivity contribution in [1.29, 1.82) is 0 Å². The van der Waals surface area contributed by atoms with Gasteiger partial charge in [0.2, 0.25) is 0 Å². The lowest BCUT2D eigenvalue weighted by Crippen LogP contribution is -2.35. The Morgan fingerprint density at radius 2 is 2.11 bits per heavy atom. The van der Waals surface area contributed by atoms with Gasteiger partial charge >= 0.3 is 6.09 Å². The monoisotopic (exact) mass is 268 g/mol. The summed E-state index contributed by atoms with van der Waals surface area (Å²) in [6.07, 6.45) is 2.63. The Labute approximate surface area is 112 Å². The smallest absolute Gasteiger partial charge is 0.407 e. The summed E-state index contributed by atoms with van der Waals surface area (Å²) in [5, 5.41) is 5.44. The first-order chi connectivity index (χ1) is 8.79. The van der Waals surface area contributed by atoms with Crippen molar-refractivity contribution in [2.24, 2.45) is 7.05 Å². The van der Waals surface area contributed by atoms with Gasteiger partial charge in [-0.25, -0.2) is 9.78 Å². The normalized spacial score (nSPS) is 10.9. The number of rotatable bonds is 4. The minimum Gasteiger partial charge on any atom is -0.444 e. The highest BCUT2D eigenvalue weighted by Crippen LogP contribution is 2.05. The summed E-state index contributed by atoms with van der Waals surface area (Å²) in [6, 6.07) is 0. The Morgan fingerprint density at radius 3 is 2.74 bits per heavy atom. The maximum absolute atomic E-state index is 11.6. The van der Waals surface area contributed by atoms with Crippen molar-refractivity contribution in [2.75, 3.05) is 18.4 Å². The Hall–Kier alpha value is -2.05. The fourth-order valence-corrected chi connectivity index (χ4v) is 1.28. The van der Waals surface area contributed by atoms with Gasteiger partial charge < -0.3 is 19.9 Å². The van der Waals surface area contributed by atoms with Gasteiger partial charge in [0.25, 0.3) is 5.56 Å². The van der Waals surface area contributed by atoms with Crippen molar-refractivity contribution in [3.8, 4) is 0 Å². The maximum Gasteiger partial charge on any atom is 0.407 e. The summed E-state index contributed by atoms with van der Waals surface area (Å²) in [4.78, 5) is 26.9. The second kappa shape index (κ2) is 6.21. The molecule has 0 atom stereocenters. The van der Waals surface area contributed by atoms with Crippen molar-refractivity contribution in [3.63, 3.8) is 0 Å². The van der Waals surface area contributed by atoms with Crippen LogP contribution in [-0.2, 0) is 11.8 Å². The third-order valence-corrected chi connectivity index (χ3v) is 2.10. The molecule has 0 aliphatic carbocycles. The zero-order valence-electron chi connectivity index (χ0n) is 11.7. The lowest BCUT2D eigenvalue weighted by molar-refractivity contribution is 0.0530. The minimum atomic E-state index is -0.519. The Morgan fingerprint density at radius 1 is 1.42 bits per heavy atom. The summed E-state index contributed by atoms with van der Waals surface area (Å²) in [6.45, 7) is 6.12. The van der Waals surface area contributed by atoms with Crippen molar-refractivity contribution in [2.45, 2.75) is 26.4 Å². The summed E-state index contributed by atoms with van der Waals surface area (Å²) in [5.74, 6) is 0.260. The first kappa shape index (κ1) is 15.0. The molecule has 1 heterocycles. The molecule has 7 nitrogen and oxygen atoms in total. The van der Waals surface area contributed by atoms with Gasteiger partial charge in [0.05, 0.1) is 0 Å². The standard InChI is InChI=1S/C12H20N4O3/c1-12(2,3)19-11(18)15-6-5-13-9-10(17)16(4)8-7-14-9/h7-8H,5-6H2,1-4H3,(H,13,14)(H,15,18). The number of alkyl carbamates (subject to hydrolysis) is 1. The molecule has 0 fully saturated rings. The van der Waals surface area contributed by atoms with E-state index in [1.165, 1.54) is 10.8 Å². The highest BCUT2D eigenvalue weighted by Gasteiger charge is 2.15. The first-order valence-electron chi connectivity index (χ1n) is 6.02. The lowest BCUT2D eigenvalue weighted by atomic mass is 10.2. The first-order valence-corrected chi connectivity index (χ1v) is 6.02.